The van der Waals surface area contributed by atoms with Crippen molar-refractivity contribution in [2.24, 2.45) is 7.05 Å². The zero-order valence-electron chi connectivity index (χ0n) is 14.0. The second kappa shape index (κ2) is 7.17. The Morgan fingerprint density at radius 3 is 2.40 bits per heavy atom. The van der Waals surface area contributed by atoms with Crippen molar-refractivity contribution in [3.05, 3.63) is 83.7 Å². The van der Waals surface area contributed by atoms with Gasteiger partial charge in [-0.05, 0) is 36.8 Å². The van der Waals surface area contributed by atoms with Gasteiger partial charge in [0.15, 0.2) is 0 Å². The van der Waals surface area contributed by atoms with Gasteiger partial charge in [-0.2, -0.15) is 0 Å². The predicted molar refractivity (Wildman–Crippen MR) is 94.8 cm³/mol. The van der Waals surface area contributed by atoms with Crippen molar-refractivity contribution in [1.82, 2.24) is 14.9 Å². The molecule has 0 radical (unpaired) electrons. The van der Waals surface area contributed by atoms with E-state index in [2.05, 4.69) is 15.6 Å². The third kappa shape index (κ3) is 4.03. The summed E-state index contributed by atoms with van der Waals surface area (Å²) in [6, 6.07) is 12.7. The molecule has 0 unspecified atom stereocenters. The van der Waals surface area contributed by atoms with E-state index in [4.69, 9.17) is 0 Å². The molecular formula is C19H19FN4O. The first kappa shape index (κ1) is 16.7. The van der Waals surface area contributed by atoms with Crippen molar-refractivity contribution >= 4 is 11.7 Å². The highest BCUT2D eigenvalue weighted by Crippen LogP contribution is 2.21. The zero-order chi connectivity index (χ0) is 17.8. The molecule has 0 saturated carbocycles. The van der Waals surface area contributed by atoms with Gasteiger partial charge in [-0.1, -0.05) is 29.8 Å². The van der Waals surface area contributed by atoms with Crippen molar-refractivity contribution < 1.29 is 9.18 Å². The Labute approximate surface area is 145 Å². The summed E-state index contributed by atoms with van der Waals surface area (Å²) >= 11 is 0. The van der Waals surface area contributed by atoms with Crippen LogP contribution in [0.5, 0.6) is 0 Å². The lowest BCUT2D eigenvalue weighted by atomic mass is 10.1. The zero-order valence-corrected chi connectivity index (χ0v) is 14.0. The number of benzene rings is 2. The van der Waals surface area contributed by atoms with Gasteiger partial charge in [0.25, 0.3) is 0 Å². The SMILES string of the molecule is Cc1ccc(NC(=O)N[C@H](c2ccc(F)cc2)c2nccn2C)cc1. The summed E-state index contributed by atoms with van der Waals surface area (Å²) < 4.78 is 15.1. The summed E-state index contributed by atoms with van der Waals surface area (Å²) in [7, 11) is 1.85. The molecule has 6 heteroatoms. The first-order chi connectivity index (χ1) is 12.0. The normalized spacial score (nSPS) is 11.8. The fourth-order valence-corrected chi connectivity index (χ4v) is 2.54. The first-order valence-electron chi connectivity index (χ1n) is 7.90. The molecule has 25 heavy (non-hydrogen) atoms. The van der Waals surface area contributed by atoms with Gasteiger partial charge in [-0.3, -0.25) is 0 Å². The lowest BCUT2D eigenvalue weighted by Crippen LogP contribution is -2.34. The van der Waals surface area contributed by atoms with Crippen molar-refractivity contribution in [1.29, 1.82) is 0 Å². The summed E-state index contributed by atoms with van der Waals surface area (Å²) in [4.78, 5) is 16.7. The summed E-state index contributed by atoms with van der Waals surface area (Å²) in [6.45, 7) is 1.98. The maximum atomic E-state index is 13.2. The Morgan fingerprint density at radius 2 is 1.80 bits per heavy atom. The molecule has 0 bridgehead atoms. The quantitative estimate of drug-likeness (QED) is 0.760. The van der Waals surface area contributed by atoms with Crippen LogP contribution in [0, 0.1) is 12.7 Å². The summed E-state index contributed by atoms with van der Waals surface area (Å²) in [5.74, 6) is 0.331. The molecule has 0 aliphatic carbocycles. The van der Waals surface area contributed by atoms with Crippen molar-refractivity contribution in [3.8, 4) is 0 Å². The van der Waals surface area contributed by atoms with Gasteiger partial charge in [0.05, 0.1) is 0 Å². The largest absolute Gasteiger partial charge is 0.336 e. The molecule has 1 atom stereocenters. The van der Waals surface area contributed by atoms with Crippen LogP contribution in [0.1, 0.15) is 23.0 Å². The van der Waals surface area contributed by atoms with Crippen LogP contribution in [-0.4, -0.2) is 15.6 Å². The van der Waals surface area contributed by atoms with Gasteiger partial charge in [-0.25, -0.2) is 14.2 Å². The molecule has 0 fully saturated rings. The number of carbonyl (C=O) groups is 1. The van der Waals surface area contributed by atoms with Crippen molar-refractivity contribution in [2.75, 3.05) is 5.32 Å². The highest BCUT2D eigenvalue weighted by molar-refractivity contribution is 5.89. The minimum Gasteiger partial charge on any atom is -0.336 e. The lowest BCUT2D eigenvalue weighted by Gasteiger charge is -2.19. The standard InChI is InChI=1S/C19H19FN4O/c1-13-3-9-16(10-4-13)22-19(25)23-17(18-21-11-12-24(18)2)14-5-7-15(20)8-6-14/h3-12,17H,1-2H3,(H2,22,23,25)/t17-/m1/s1. The minimum atomic E-state index is -0.494. The third-order valence-electron chi connectivity index (χ3n) is 3.90. The fraction of sp³-hybridized carbons (Fsp3) is 0.158. The highest BCUT2D eigenvalue weighted by Gasteiger charge is 2.20. The Kier molecular flexibility index (Phi) is 4.79. The van der Waals surface area contributed by atoms with Crippen molar-refractivity contribution in [3.63, 3.8) is 0 Å². The van der Waals surface area contributed by atoms with E-state index < -0.39 is 6.04 Å². The number of rotatable bonds is 4. The van der Waals surface area contributed by atoms with E-state index >= 15 is 0 Å². The number of aromatic nitrogens is 2. The molecule has 5 nitrogen and oxygen atoms in total. The molecule has 1 heterocycles. The molecule has 0 aliphatic heterocycles. The van der Waals surface area contributed by atoms with E-state index in [9.17, 15) is 9.18 Å². The maximum absolute atomic E-state index is 13.2. The molecule has 2 amide bonds. The number of hydrogen-bond acceptors (Lipinski definition) is 2. The highest BCUT2D eigenvalue weighted by atomic mass is 19.1. The summed E-state index contributed by atoms with van der Waals surface area (Å²) in [5.41, 5.74) is 2.55. The second-order valence-electron chi connectivity index (χ2n) is 5.85. The Bertz CT molecular complexity index is 856. The molecule has 3 aromatic rings. The minimum absolute atomic E-state index is 0.327. The van der Waals surface area contributed by atoms with Gasteiger partial charge in [0.1, 0.15) is 17.7 Å². The van der Waals surface area contributed by atoms with E-state index in [1.165, 1.54) is 12.1 Å². The molecule has 2 aromatic carbocycles. The number of carbonyl (C=O) groups excluding carboxylic acids is 1. The fourth-order valence-electron chi connectivity index (χ4n) is 2.54. The molecule has 1 aromatic heterocycles. The van der Waals surface area contributed by atoms with Crippen LogP contribution in [0.3, 0.4) is 0 Å². The number of imidazole rings is 1. The monoisotopic (exact) mass is 338 g/mol. The third-order valence-corrected chi connectivity index (χ3v) is 3.90. The number of anilines is 1. The van der Waals surface area contributed by atoms with E-state index in [0.29, 0.717) is 11.5 Å². The van der Waals surface area contributed by atoms with Crippen LogP contribution in [0.2, 0.25) is 0 Å². The van der Waals surface area contributed by atoms with Crippen LogP contribution < -0.4 is 10.6 Å². The molecule has 2 N–H and O–H groups in total. The van der Waals surface area contributed by atoms with Crippen LogP contribution in [-0.2, 0) is 7.05 Å². The number of nitrogens with zero attached hydrogens (tertiary/aromatic N) is 2. The molecule has 0 aliphatic rings. The average Bonchev–Trinajstić information content (AvgIpc) is 3.01. The predicted octanol–water partition coefficient (Wildman–Crippen LogP) is 3.78. The van der Waals surface area contributed by atoms with Crippen LogP contribution >= 0.6 is 0 Å². The molecule has 0 saturated heterocycles. The number of urea groups is 1. The number of aryl methyl sites for hydroxylation is 2. The number of hydrogen-bond donors (Lipinski definition) is 2. The van der Waals surface area contributed by atoms with Gasteiger partial charge in [0.2, 0.25) is 0 Å². The molecule has 0 spiro atoms. The van der Waals surface area contributed by atoms with Gasteiger partial charge < -0.3 is 15.2 Å². The number of nitrogens with one attached hydrogen (secondary N) is 2. The van der Waals surface area contributed by atoms with Gasteiger partial charge in [0, 0.05) is 25.1 Å². The van der Waals surface area contributed by atoms with Gasteiger partial charge in [-0.15, -0.1) is 0 Å². The van der Waals surface area contributed by atoms with E-state index in [-0.39, 0.29) is 11.8 Å². The van der Waals surface area contributed by atoms with Crippen LogP contribution in [0.15, 0.2) is 60.9 Å². The van der Waals surface area contributed by atoms with Crippen LogP contribution in [0.25, 0.3) is 0 Å². The van der Waals surface area contributed by atoms with E-state index in [0.717, 1.165) is 11.1 Å². The Morgan fingerprint density at radius 1 is 1.12 bits per heavy atom. The summed E-state index contributed by atoms with van der Waals surface area (Å²) in [6.07, 6.45) is 3.46. The second-order valence-corrected chi connectivity index (χ2v) is 5.85. The van der Waals surface area contributed by atoms with E-state index in [1.807, 2.05) is 42.8 Å². The smallest absolute Gasteiger partial charge is 0.320 e. The molecule has 128 valence electrons. The number of halogens is 1. The topological polar surface area (TPSA) is 59.0 Å². The average molecular weight is 338 g/mol. The van der Waals surface area contributed by atoms with Gasteiger partial charge >= 0.3 is 6.03 Å². The maximum Gasteiger partial charge on any atom is 0.320 e. The van der Waals surface area contributed by atoms with Crippen LogP contribution in [0.4, 0.5) is 14.9 Å². The first-order valence-corrected chi connectivity index (χ1v) is 7.90. The molecular weight excluding hydrogens is 319 g/mol. The Balaban J connectivity index is 1.82. The molecule has 3 rings (SSSR count). The van der Waals surface area contributed by atoms with E-state index in [1.54, 1.807) is 24.5 Å². The Hall–Kier alpha value is -3.15. The number of amides is 2. The van der Waals surface area contributed by atoms with Crippen molar-refractivity contribution in [2.45, 2.75) is 13.0 Å². The lowest BCUT2D eigenvalue weighted by molar-refractivity contribution is 0.249. The summed E-state index contributed by atoms with van der Waals surface area (Å²) in [5, 5.41) is 5.70.